The Morgan fingerprint density at radius 2 is 1.03 bits per heavy atom. The Kier molecular flexibility index (Phi) is 4.88. The van der Waals surface area contributed by atoms with Crippen molar-refractivity contribution in [2.75, 3.05) is 0 Å². The summed E-state index contributed by atoms with van der Waals surface area (Å²) in [7, 11) is 0. The largest absolute Gasteiger partial charge is 0.309 e. The van der Waals surface area contributed by atoms with E-state index in [1.807, 2.05) is 42.5 Å². The molecule has 1 heterocycles. The van der Waals surface area contributed by atoms with E-state index < -0.39 is 0 Å². The Labute approximate surface area is 203 Å². The zero-order valence-corrected chi connectivity index (χ0v) is 18.8. The van der Waals surface area contributed by atoms with Gasteiger partial charge in [0.15, 0.2) is 0 Å². The van der Waals surface area contributed by atoms with Crippen LogP contribution in [0.4, 0.5) is 0 Å². The van der Waals surface area contributed by atoms with Gasteiger partial charge >= 0.3 is 0 Å². The summed E-state index contributed by atoms with van der Waals surface area (Å²) in [6.45, 7) is 0. The molecule has 0 N–H and O–H groups in total. The molecule has 3 nitrogen and oxygen atoms in total. The predicted molar refractivity (Wildman–Crippen MR) is 141 cm³/mol. The molecule has 35 heavy (non-hydrogen) atoms. The third-order valence-corrected chi connectivity index (χ3v) is 6.48. The zero-order valence-electron chi connectivity index (χ0n) is 18.8. The molecule has 0 bridgehead atoms. The van der Waals surface area contributed by atoms with Crippen LogP contribution in [0.1, 0.15) is 11.1 Å². The summed E-state index contributed by atoms with van der Waals surface area (Å²) in [5.41, 5.74) is 8.12. The van der Waals surface area contributed by atoms with Crippen molar-refractivity contribution in [3.63, 3.8) is 0 Å². The van der Waals surface area contributed by atoms with Crippen molar-refractivity contribution in [1.29, 1.82) is 10.5 Å². The Balaban J connectivity index is 1.70. The van der Waals surface area contributed by atoms with E-state index in [9.17, 15) is 10.5 Å². The number of para-hydroxylation sites is 1. The first-order valence-electron chi connectivity index (χ1n) is 11.4. The SMILES string of the molecule is N#Cc1cccc(C#N)c1-c1ccc2c(c1)c1cc(-c3ccccc3)ccc1n2-c1ccccc1. The highest BCUT2D eigenvalue weighted by Crippen LogP contribution is 2.38. The fourth-order valence-corrected chi connectivity index (χ4v) is 4.89. The van der Waals surface area contributed by atoms with Crippen LogP contribution in [0.2, 0.25) is 0 Å². The lowest BCUT2D eigenvalue weighted by Crippen LogP contribution is -1.93. The van der Waals surface area contributed by atoms with Crippen LogP contribution in [-0.2, 0) is 0 Å². The van der Waals surface area contributed by atoms with E-state index in [1.54, 1.807) is 18.2 Å². The minimum absolute atomic E-state index is 0.500. The Morgan fingerprint density at radius 1 is 0.486 bits per heavy atom. The molecule has 0 aliphatic heterocycles. The zero-order chi connectivity index (χ0) is 23.8. The first-order chi connectivity index (χ1) is 17.3. The third kappa shape index (κ3) is 3.35. The average molecular weight is 446 g/mol. The molecule has 0 saturated heterocycles. The van der Waals surface area contributed by atoms with Gasteiger partial charge in [0.2, 0.25) is 0 Å². The van der Waals surface area contributed by atoms with Crippen molar-refractivity contribution in [1.82, 2.24) is 4.57 Å². The smallest absolute Gasteiger partial charge is 0.0998 e. The molecule has 0 aliphatic rings. The second-order valence-corrected chi connectivity index (χ2v) is 8.45. The summed E-state index contributed by atoms with van der Waals surface area (Å²) in [5.74, 6) is 0. The number of aromatic nitrogens is 1. The van der Waals surface area contributed by atoms with Crippen molar-refractivity contribution in [3.8, 4) is 40.1 Å². The fourth-order valence-electron chi connectivity index (χ4n) is 4.89. The summed E-state index contributed by atoms with van der Waals surface area (Å²) in [5, 5.41) is 21.7. The predicted octanol–water partition coefficient (Wildman–Crippen LogP) is 7.86. The van der Waals surface area contributed by atoms with Gasteiger partial charge in [-0.25, -0.2) is 0 Å². The summed E-state index contributed by atoms with van der Waals surface area (Å²) in [6.07, 6.45) is 0. The number of nitrogens with zero attached hydrogens (tertiary/aromatic N) is 3. The van der Waals surface area contributed by atoms with Crippen molar-refractivity contribution in [2.45, 2.75) is 0 Å². The normalized spacial score (nSPS) is 10.8. The Bertz CT molecular complexity index is 1770. The van der Waals surface area contributed by atoms with E-state index in [2.05, 4.69) is 71.3 Å². The van der Waals surface area contributed by atoms with Crippen LogP contribution in [0.25, 0.3) is 49.7 Å². The first-order valence-corrected chi connectivity index (χ1v) is 11.4. The second kappa shape index (κ2) is 8.34. The summed E-state index contributed by atoms with van der Waals surface area (Å²) >= 11 is 0. The van der Waals surface area contributed by atoms with Gasteiger partial charge in [0.25, 0.3) is 0 Å². The molecule has 3 heteroatoms. The van der Waals surface area contributed by atoms with E-state index in [1.165, 1.54) is 0 Å². The highest BCUT2D eigenvalue weighted by atomic mass is 15.0. The lowest BCUT2D eigenvalue weighted by molar-refractivity contribution is 1.18. The van der Waals surface area contributed by atoms with E-state index in [0.29, 0.717) is 16.7 Å². The van der Waals surface area contributed by atoms with Gasteiger partial charge in [-0.2, -0.15) is 10.5 Å². The van der Waals surface area contributed by atoms with E-state index in [4.69, 9.17) is 0 Å². The van der Waals surface area contributed by atoms with Crippen molar-refractivity contribution < 1.29 is 0 Å². The maximum atomic E-state index is 9.74. The summed E-state index contributed by atoms with van der Waals surface area (Å²) < 4.78 is 2.27. The van der Waals surface area contributed by atoms with Gasteiger partial charge in [-0.15, -0.1) is 0 Å². The Morgan fingerprint density at radius 3 is 1.63 bits per heavy atom. The van der Waals surface area contributed by atoms with Gasteiger partial charge in [-0.05, 0) is 65.2 Å². The van der Waals surface area contributed by atoms with Gasteiger partial charge in [-0.3, -0.25) is 0 Å². The second-order valence-electron chi connectivity index (χ2n) is 8.45. The molecule has 0 atom stereocenters. The van der Waals surface area contributed by atoms with Gasteiger partial charge in [-0.1, -0.05) is 66.7 Å². The van der Waals surface area contributed by atoms with Crippen molar-refractivity contribution in [3.05, 3.63) is 126 Å². The van der Waals surface area contributed by atoms with Crippen LogP contribution >= 0.6 is 0 Å². The number of fused-ring (bicyclic) bond motifs is 3. The number of benzene rings is 5. The van der Waals surface area contributed by atoms with E-state index in [0.717, 1.165) is 44.2 Å². The molecule has 6 aromatic rings. The van der Waals surface area contributed by atoms with Gasteiger partial charge < -0.3 is 4.57 Å². The summed E-state index contributed by atoms with van der Waals surface area (Å²) in [6, 6.07) is 43.3. The Hall–Kier alpha value is -5.12. The van der Waals surface area contributed by atoms with E-state index >= 15 is 0 Å². The number of hydrogen-bond donors (Lipinski definition) is 0. The maximum absolute atomic E-state index is 9.74. The monoisotopic (exact) mass is 445 g/mol. The molecule has 0 fully saturated rings. The lowest BCUT2D eigenvalue weighted by atomic mass is 9.94. The van der Waals surface area contributed by atoms with Crippen LogP contribution in [0.3, 0.4) is 0 Å². The molecule has 1 aromatic heterocycles. The highest BCUT2D eigenvalue weighted by Gasteiger charge is 2.17. The van der Waals surface area contributed by atoms with Crippen LogP contribution in [-0.4, -0.2) is 4.57 Å². The molecule has 0 unspecified atom stereocenters. The van der Waals surface area contributed by atoms with Crippen LogP contribution in [0, 0.1) is 22.7 Å². The molecular formula is C32H19N3. The van der Waals surface area contributed by atoms with Crippen molar-refractivity contribution in [2.24, 2.45) is 0 Å². The number of hydrogen-bond acceptors (Lipinski definition) is 2. The molecule has 5 aromatic carbocycles. The van der Waals surface area contributed by atoms with E-state index in [-0.39, 0.29) is 0 Å². The molecular weight excluding hydrogens is 426 g/mol. The quantitative estimate of drug-likeness (QED) is 0.278. The number of rotatable bonds is 3. The third-order valence-electron chi connectivity index (χ3n) is 6.48. The molecule has 0 amide bonds. The van der Waals surface area contributed by atoms with Crippen LogP contribution in [0.15, 0.2) is 115 Å². The molecule has 0 saturated carbocycles. The van der Waals surface area contributed by atoms with Crippen LogP contribution in [0.5, 0.6) is 0 Å². The van der Waals surface area contributed by atoms with Gasteiger partial charge in [0.1, 0.15) is 0 Å². The van der Waals surface area contributed by atoms with Crippen molar-refractivity contribution >= 4 is 21.8 Å². The maximum Gasteiger partial charge on any atom is 0.0998 e. The van der Waals surface area contributed by atoms with Gasteiger partial charge in [0.05, 0.1) is 34.3 Å². The standard InChI is InChI=1S/C32H19N3/c33-20-25-10-7-11-26(21-34)32(25)24-15-17-31-29(19-24)28-18-23(22-8-3-1-4-9-22)14-16-30(28)35(31)27-12-5-2-6-13-27/h1-19H. The minimum Gasteiger partial charge on any atom is -0.309 e. The summed E-state index contributed by atoms with van der Waals surface area (Å²) in [4.78, 5) is 0. The average Bonchev–Trinajstić information content (AvgIpc) is 3.26. The highest BCUT2D eigenvalue weighted by molar-refractivity contribution is 6.11. The molecule has 162 valence electrons. The number of nitriles is 2. The van der Waals surface area contributed by atoms with Gasteiger partial charge in [0, 0.05) is 22.0 Å². The molecule has 6 rings (SSSR count). The molecule has 0 spiro atoms. The molecule has 0 radical (unpaired) electrons. The minimum atomic E-state index is 0.500. The molecule has 0 aliphatic carbocycles. The lowest BCUT2D eigenvalue weighted by Gasteiger charge is -2.09. The fraction of sp³-hybridized carbons (Fsp3) is 0. The topological polar surface area (TPSA) is 52.5 Å². The first kappa shape index (κ1) is 20.5. The van der Waals surface area contributed by atoms with Crippen LogP contribution < -0.4 is 0 Å².